The van der Waals surface area contributed by atoms with Crippen LogP contribution >= 0.6 is 0 Å². The fraction of sp³-hybridized carbons (Fsp3) is 0.625. The van der Waals surface area contributed by atoms with Crippen LogP contribution in [0.5, 0.6) is 0 Å². The van der Waals surface area contributed by atoms with Crippen LogP contribution in [0.25, 0.3) is 0 Å². The highest BCUT2D eigenvalue weighted by molar-refractivity contribution is 4.88. The summed E-state index contributed by atoms with van der Waals surface area (Å²) in [5.41, 5.74) is 0. The van der Waals surface area contributed by atoms with E-state index >= 15 is 0 Å². The SMILES string of the molecule is CCCOn1ccnc1CC. The molecule has 0 bridgehead atoms. The van der Waals surface area contributed by atoms with E-state index in [0.29, 0.717) is 0 Å². The average Bonchev–Trinajstić information content (AvgIpc) is 2.47. The van der Waals surface area contributed by atoms with Crippen LogP contribution < -0.4 is 4.84 Å². The molecule has 0 N–H and O–H groups in total. The lowest BCUT2D eigenvalue weighted by Gasteiger charge is -2.06. The summed E-state index contributed by atoms with van der Waals surface area (Å²) in [6, 6.07) is 0. The molecule has 3 nitrogen and oxygen atoms in total. The van der Waals surface area contributed by atoms with Crippen LogP contribution in [0.3, 0.4) is 0 Å². The van der Waals surface area contributed by atoms with Crippen molar-refractivity contribution in [2.45, 2.75) is 26.7 Å². The molecule has 0 unspecified atom stereocenters. The summed E-state index contributed by atoms with van der Waals surface area (Å²) in [6.07, 6.45) is 5.54. The van der Waals surface area contributed by atoms with Crippen molar-refractivity contribution in [2.24, 2.45) is 0 Å². The minimum absolute atomic E-state index is 0.753. The summed E-state index contributed by atoms with van der Waals surface area (Å²) in [5, 5.41) is 0. The lowest BCUT2D eigenvalue weighted by atomic mass is 10.5. The first-order valence-corrected chi connectivity index (χ1v) is 4.04. The standard InChI is InChI=1S/C8H14N2O/c1-3-7-11-10-6-5-9-8(10)4-2/h5-6H,3-4,7H2,1-2H3. The van der Waals surface area contributed by atoms with Gasteiger partial charge in [-0.3, -0.25) is 0 Å². The van der Waals surface area contributed by atoms with Crippen molar-refractivity contribution in [3.63, 3.8) is 0 Å². The average molecular weight is 154 g/mol. The summed E-state index contributed by atoms with van der Waals surface area (Å²) in [4.78, 5) is 9.50. The quantitative estimate of drug-likeness (QED) is 0.653. The van der Waals surface area contributed by atoms with Gasteiger partial charge in [0.2, 0.25) is 0 Å². The molecular formula is C8H14N2O. The highest BCUT2D eigenvalue weighted by Crippen LogP contribution is 1.95. The van der Waals surface area contributed by atoms with Gasteiger partial charge in [-0.2, -0.15) is 4.73 Å². The predicted molar refractivity (Wildman–Crippen MR) is 43.3 cm³/mol. The third kappa shape index (κ3) is 1.97. The molecule has 0 amide bonds. The van der Waals surface area contributed by atoms with Crippen molar-refractivity contribution in [2.75, 3.05) is 6.61 Å². The van der Waals surface area contributed by atoms with Gasteiger partial charge < -0.3 is 4.84 Å². The molecule has 0 aliphatic carbocycles. The Morgan fingerprint density at radius 1 is 1.55 bits per heavy atom. The molecular weight excluding hydrogens is 140 g/mol. The molecule has 3 heteroatoms. The highest BCUT2D eigenvalue weighted by Gasteiger charge is 1.98. The van der Waals surface area contributed by atoms with E-state index in [1.54, 1.807) is 10.9 Å². The maximum absolute atomic E-state index is 5.37. The maximum Gasteiger partial charge on any atom is 0.144 e. The topological polar surface area (TPSA) is 27.1 Å². The summed E-state index contributed by atoms with van der Waals surface area (Å²) in [5.74, 6) is 0.985. The number of rotatable bonds is 4. The zero-order chi connectivity index (χ0) is 8.10. The Hall–Kier alpha value is -0.990. The van der Waals surface area contributed by atoms with Gasteiger partial charge in [0, 0.05) is 12.6 Å². The van der Waals surface area contributed by atoms with Crippen LogP contribution in [0.2, 0.25) is 0 Å². The second-order valence-corrected chi connectivity index (χ2v) is 2.36. The van der Waals surface area contributed by atoms with E-state index in [2.05, 4.69) is 18.8 Å². The first kappa shape index (κ1) is 8.11. The van der Waals surface area contributed by atoms with E-state index in [1.165, 1.54) is 0 Å². The van der Waals surface area contributed by atoms with Crippen LogP contribution in [0.4, 0.5) is 0 Å². The molecule has 1 aromatic heterocycles. The second kappa shape index (κ2) is 4.01. The van der Waals surface area contributed by atoms with Gasteiger partial charge >= 0.3 is 0 Å². The van der Waals surface area contributed by atoms with Gasteiger partial charge in [-0.05, 0) is 6.42 Å². The second-order valence-electron chi connectivity index (χ2n) is 2.36. The van der Waals surface area contributed by atoms with Crippen molar-refractivity contribution in [1.29, 1.82) is 0 Å². The molecule has 0 saturated carbocycles. The number of aryl methyl sites for hydroxylation is 1. The Bertz CT molecular complexity index is 208. The summed E-state index contributed by atoms with van der Waals surface area (Å²) >= 11 is 0. The summed E-state index contributed by atoms with van der Waals surface area (Å²) < 4.78 is 1.74. The van der Waals surface area contributed by atoms with Crippen LogP contribution in [0.15, 0.2) is 12.4 Å². The van der Waals surface area contributed by atoms with Crippen LogP contribution in [0.1, 0.15) is 26.1 Å². The van der Waals surface area contributed by atoms with Gasteiger partial charge in [0.05, 0.1) is 6.20 Å². The van der Waals surface area contributed by atoms with Crippen molar-refractivity contribution in [3.05, 3.63) is 18.2 Å². The van der Waals surface area contributed by atoms with Crippen LogP contribution in [-0.2, 0) is 6.42 Å². The molecule has 0 fully saturated rings. The minimum atomic E-state index is 0.753. The zero-order valence-electron chi connectivity index (χ0n) is 7.08. The van der Waals surface area contributed by atoms with Crippen molar-refractivity contribution in [1.82, 2.24) is 9.71 Å². The first-order chi connectivity index (χ1) is 5.38. The molecule has 0 spiro atoms. The molecule has 0 aliphatic heterocycles. The van der Waals surface area contributed by atoms with E-state index in [4.69, 9.17) is 4.84 Å². The van der Waals surface area contributed by atoms with Crippen molar-refractivity contribution >= 4 is 0 Å². The fourth-order valence-electron chi connectivity index (χ4n) is 0.877. The van der Waals surface area contributed by atoms with Crippen molar-refractivity contribution in [3.8, 4) is 0 Å². The van der Waals surface area contributed by atoms with Crippen LogP contribution in [-0.4, -0.2) is 16.3 Å². The monoisotopic (exact) mass is 154 g/mol. The molecule has 62 valence electrons. The lowest BCUT2D eigenvalue weighted by molar-refractivity contribution is 0.104. The van der Waals surface area contributed by atoms with Gasteiger partial charge in [0.15, 0.2) is 0 Å². The normalized spacial score (nSPS) is 10.0. The number of imidazole rings is 1. The van der Waals surface area contributed by atoms with E-state index in [-0.39, 0.29) is 0 Å². The fourth-order valence-corrected chi connectivity index (χ4v) is 0.877. The Morgan fingerprint density at radius 3 is 3.00 bits per heavy atom. The van der Waals surface area contributed by atoms with Gasteiger partial charge in [0.25, 0.3) is 0 Å². The molecule has 1 rings (SSSR count). The Kier molecular flexibility index (Phi) is 2.95. The molecule has 0 aromatic carbocycles. The number of nitrogens with zero attached hydrogens (tertiary/aromatic N) is 2. The summed E-state index contributed by atoms with van der Waals surface area (Å²) in [6.45, 7) is 4.90. The van der Waals surface area contributed by atoms with E-state index in [0.717, 1.165) is 25.3 Å². The molecule has 11 heavy (non-hydrogen) atoms. The molecule has 1 aromatic rings. The lowest BCUT2D eigenvalue weighted by Crippen LogP contribution is -2.13. The van der Waals surface area contributed by atoms with Crippen LogP contribution in [0, 0.1) is 0 Å². The largest absolute Gasteiger partial charge is 0.413 e. The Morgan fingerprint density at radius 2 is 2.36 bits per heavy atom. The number of hydrogen-bond acceptors (Lipinski definition) is 2. The van der Waals surface area contributed by atoms with Gasteiger partial charge in [-0.15, -0.1) is 0 Å². The number of aromatic nitrogens is 2. The summed E-state index contributed by atoms with van der Waals surface area (Å²) in [7, 11) is 0. The molecule has 0 aliphatic rings. The third-order valence-electron chi connectivity index (χ3n) is 1.43. The smallest absolute Gasteiger partial charge is 0.144 e. The van der Waals surface area contributed by atoms with Gasteiger partial charge in [0.1, 0.15) is 12.4 Å². The predicted octanol–water partition coefficient (Wildman–Crippen LogP) is 1.28. The van der Waals surface area contributed by atoms with E-state index < -0.39 is 0 Å². The minimum Gasteiger partial charge on any atom is -0.413 e. The Labute approximate surface area is 67.0 Å². The van der Waals surface area contributed by atoms with E-state index in [9.17, 15) is 0 Å². The maximum atomic E-state index is 5.37. The molecule has 0 atom stereocenters. The van der Waals surface area contributed by atoms with E-state index in [1.807, 2.05) is 6.20 Å². The van der Waals surface area contributed by atoms with Crippen molar-refractivity contribution < 1.29 is 4.84 Å². The zero-order valence-corrected chi connectivity index (χ0v) is 7.08. The Balaban J connectivity index is 2.54. The first-order valence-electron chi connectivity index (χ1n) is 4.04. The molecule has 0 saturated heterocycles. The molecule has 0 radical (unpaired) electrons. The molecule has 1 heterocycles. The van der Waals surface area contributed by atoms with Gasteiger partial charge in [-0.1, -0.05) is 13.8 Å². The number of hydrogen-bond donors (Lipinski definition) is 0. The van der Waals surface area contributed by atoms with Gasteiger partial charge in [-0.25, -0.2) is 4.98 Å². The highest BCUT2D eigenvalue weighted by atomic mass is 16.7. The third-order valence-corrected chi connectivity index (χ3v) is 1.43.